The zero-order valence-electron chi connectivity index (χ0n) is 21.2. The molecular formula is C33H34O4. The molecule has 0 amide bonds. The third-order valence-corrected chi connectivity index (χ3v) is 6.07. The Balaban J connectivity index is 1.26. The van der Waals surface area contributed by atoms with Gasteiger partial charge in [0.05, 0.1) is 0 Å². The molecule has 37 heavy (non-hydrogen) atoms. The van der Waals surface area contributed by atoms with Gasteiger partial charge in [0.2, 0.25) is 0 Å². The molecule has 0 aliphatic rings. The van der Waals surface area contributed by atoms with Crippen LogP contribution in [0.3, 0.4) is 0 Å². The molecule has 0 aliphatic carbocycles. The number of hydrogen-bond acceptors (Lipinski definition) is 4. The van der Waals surface area contributed by atoms with Crippen molar-refractivity contribution in [2.45, 2.75) is 51.9 Å². The molecule has 4 nitrogen and oxygen atoms in total. The highest BCUT2D eigenvalue weighted by molar-refractivity contribution is 5.69. The van der Waals surface area contributed by atoms with Gasteiger partial charge >= 0.3 is 5.97 Å². The predicted octanol–water partition coefficient (Wildman–Crippen LogP) is 7.69. The third-order valence-electron chi connectivity index (χ3n) is 6.07. The van der Waals surface area contributed by atoms with E-state index in [0.29, 0.717) is 26.2 Å². The molecule has 0 spiro atoms. The molecule has 190 valence electrons. The lowest BCUT2D eigenvalue weighted by molar-refractivity contribution is -0.145. The normalized spacial score (nSPS) is 10.6. The van der Waals surface area contributed by atoms with E-state index >= 15 is 0 Å². The van der Waals surface area contributed by atoms with E-state index in [1.54, 1.807) is 0 Å². The largest absolute Gasteiger partial charge is 0.485 e. The molecule has 4 aromatic rings. The molecule has 0 fully saturated rings. The van der Waals surface area contributed by atoms with Gasteiger partial charge in [-0.2, -0.15) is 0 Å². The summed E-state index contributed by atoms with van der Waals surface area (Å²) >= 11 is 0. The van der Waals surface area contributed by atoms with Crippen LogP contribution in [-0.2, 0) is 35.8 Å². The first-order chi connectivity index (χ1) is 18.3. The Kier molecular flexibility index (Phi) is 10.2. The molecule has 4 heteroatoms. The summed E-state index contributed by atoms with van der Waals surface area (Å²) in [7, 11) is 0. The lowest BCUT2D eigenvalue weighted by Crippen LogP contribution is -2.04. The Hall–Kier alpha value is -4.05. The number of unbranched alkanes of at least 4 members (excludes halogenated alkanes) is 2. The second-order valence-electron chi connectivity index (χ2n) is 9.04. The monoisotopic (exact) mass is 494 g/mol. The Morgan fingerprint density at radius 3 is 1.65 bits per heavy atom. The Bertz CT molecular complexity index is 1210. The molecule has 0 saturated heterocycles. The lowest BCUT2D eigenvalue weighted by Gasteiger charge is -2.15. The first-order valence-electron chi connectivity index (χ1n) is 12.9. The summed E-state index contributed by atoms with van der Waals surface area (Å²) in [5.74, 6) is 1.35. The van der Waals surface area contributed by atoms with Gasteiger partial charge in [-0.25, -0.2) is 0 Å². The Morgan fingerprint density at radius 2 is 1.05 bits per heavy atom. The van der Waals surface area contributed by atoms with Crippen LogP contribution < -0.4 is 9.47 Å². The second-order valence-corrected chi connectivity index (χ2v) is 9.04. The van der Waals surface area contributed by atoms with Gasteiger partial charge in [0.15, 0.2) is 11.5 Å². The van der Waals surface area contributed by atoms with Crippen molar-refractivity contribution in [2.24, 2.45) is 0 Å². The summed E-state index contributed by atoms with van der Waals surface area (Å²) in [5, 5.41) is 0. The van der Waals surface area contributed by atoms with E-state index < -0.39 is 0 Å². The maximum Gasteiger partial charge on any atom is 0.306 e. The van der Waals surface area contributed by atoms with Crippen molar-refractivity contribution in [1.29, 1.82) is 0 Å². The van der Waals surface area contributed by atoms with E-state index in [4.69, 9.17) is 14.2 Å². The standard InChI is InChI=1S/C33H34O4/c34-33(37-26-30-18-10-3-11-19-30)20-12-4-5-13-27-21-22-31(35-24-28-14-6-1-7-15-28)32(23-27)36-25-29-16-8-2-9-17-29/h1-3,6-11,14-19,21-23H,4-5,12-13,20,24-26H2. The van der Waals surface area contributed by atoms with Crippen molar-refractivity contribution in [3.8, 4) is 11.5 Å². The fraction of sp³-hybridized carbons (Fsp3) is 0.242. The van der Waals surface area contributed by atoms with Crippen LogP contribution in [0.5, 0.6) is 11.5 Å². The molecule has 0 radical (unpaired) electrons. The van der Waals surface area contributed by atoms with E-state index in [1.807, 2.05) is 72.8 Å². The minimum atomic E-state index is -0.139. The van der Waals surface area contributed by atoms with Gasteiger partial charge in [0.1, 0.15) is 19.8 Å². The first-order valence-corrected chi connectivity index (χ1v) is 12.9. The number of ether oxygens (including phenoxy) is 3. The van der Waals surface area contributed by atoms with Crippen LogP contribution in [0, 0.1) is 0 Å². The highest BCUT2D eigenvalue weighted by Gasteiger charge is 2.09. The number of carbonyl (C=O) groups excluding carboxylic acids is 1. The van der Waals surface area contributed by atoms with Gasteiger partial charge in [0, 0.05) is 6.42 Å². The van der Waals surface area contributed by atoms with Gasteiger partial charge in [-0.3, -0.25) is 4.79 Å². The van der Waals surface area contributed by atoms with Crippen molar-refractivity contribution in [3.05, 3.63) is 131 Å². The molecule has 0 N–H and O–H groups in total. The van der Waals surface area contributed by atoms with Crippen LogP contribution in [0.2, 0.25) is 0 Å². The van der Waals surface area contributed by atoms with Gasteiger partial charge in [0.25, 0.3) is 0 Å². The van der Waals surface area contributed by atoms with Gasteiger partial charge in [-0.05, 0) is 53.6 Å². The maximum atomic E-state index is 12.0. The van der Waals surface area contributed by atoms with Crippen molar-refractivity contribution >= 4 is 5.97 Å². The molecule has 0 aliphatic heterocycles. The van der Waals surface area contributed by atoms with Crippen LogP contribution in [0.1, 0.15) is 47.9 Å². The van der Waals surface area contributed by atoms with E-state index in [2.05, 4.69) is 36.4 Å². The smallest absolute Gasteiger partial charge is 0.306 e. The molecule has 0 aromatic heterocycles. The number of esters is 1. The SMILES string of the molecule is O=C(CCCCCc1ccc(OCc2ccccc2)c(OCc2ccccc2)c1)OCc1ccccc1. The fourth-order valence-electron chi connectivity index (χ4n) is 4.00. The molecule has 4 aromatic carbocycles. The summed E-state index contributed by atoms with van der Waals surface area (Å²) < 4.78 is 17.7. The second kappa shape index (κ2) is 14.5. The topological polar surface area (TPSA) is 44.8 Å². The summed E-state index contributed by atoms with van der Waals surface area (Å²) in [4.78, 5) is 12.0. The Labute approximate surface area is 219 Å². The average molecular weight is 495 g/mol. The molecule has 0 unspecified atom stereocenters. The van der Waals surface area contributed by atoms with Gasteiger partial charge in [-0.15, -0.1) is 0 Å². The van der Waals surface area contributed by atoms with Crippen molar-refractivity contribution in [2.75, 3.05) is 0 Å². The number of carbonyl (C=O) groups is 1. The molecular weight excluding hydrogens is 460 g/mol. The first kappa shape index (κ1) is 26.0. The van der Waals surface area contributed by atoms with Crippen molar-refractivity contribution in [3.63, 3.8) is 0 Å². The van der Waals surface area contributed by atoms with Gasteiger partial charge < -0.3 is 14.2 Å². The number of hydrogen-bond donors (Lipinski definition) is 0. The average Bonchev–Trinajstić information content (AvgIpc) is 2.96. The number of aryl methyl sites for hydroxylation is 1. The summed E-state index contributed by atoms with van der Waals surface area (Å²) in [6.45, 7) is 1.31. The van der Waals surface area contributed by atoms with E-state index in [0.717, 1.165) is 53.9 Å². The number of benzene rings is 4. The zero-order chi connectivity index (χ0) is 25.5. The van der Waals surface area contributed by atoms with Crippen molar-refractivity contribution in [1.82, 2.24) is 0 Å². The zero-order valence-corrected chi connectivity index (χ0v) is 21.2. The molecule has 0 heterocycles. The minimum absolute atomic E-state index is 0.139. The summed E-state index contributed by atoms with van der Waals surface area (Å²) in [6.07, 6.45) is 4.15. The summed E-state index contributed by atoms with van der Waals surface area (Å²) in [5.41, 5.74) is 4.43. The fourth-order valence-corrected chi connectivity index (χ4v) is 4.00. The van der Waals surface area contributed by atoms with Crippen molar-refractivity contribution < 1.29 is 19.0 Å². The Morgan fingerprint density at radius 1 is 0.514 bits per heavy atom. The third kappa shape index (κ3) is 9.16. The molecule has 0 saturated carbocycles. The molecule has 0 bridgehead atoms. The maximum absolute atomic E-state index is 12.0. The molecule has 0 atom stereocenters. The van der Waals surface area contributed by atoms with Crippen LogP contribution in [0.25, 0.3) is 0 Å². The van der Waals surface area contributed by atoms with Crippen LogP contribution >= 0.6 is 0 Å². The van der Waals surface area contributed by atoms with Crippen LogP contribution in [0.15, 0.2) is 109 Å². The van der Waals surface area contributed by atoms with E-state index in [1.165, 1.54) is 5.56 Å². The highest BCUT2D eigenvalue weighted by atomic mass is 16.5. The summed E-state index contributed by atoms with van der Waals surface area (Å²) in [6, 6.07) is 36.2. The number of rotatable bonds is 14. The van der Waals surface area contributed by atoms with Crippen LogP contribution in [-0.4, -0.2) is 5.97 Å². The van der Waals surface area contributed by atoms with E-state index in [-0.39, 0.29) is 5.97 Å². The minimum Gasteiger partial charge on any atom is -0.485 e. The van der Waals surface area contributed by atoms with Crippen LogP contribution in [0.4, 0.5) is 0 Å². The van der Waals surface area contributed by atoms with Gasteiger partial charge in [-0.1, -0.05) is 103 Å². The molecule has 4 rings (SSSR count). The predicted molar refractivity (Wildman–Crippen MR) is 146 cm³/mol. The van der Waals surface area contributed by atoms with E-state index in [9.17, 15) is 4.79 Å². The lowest BCUT2D eigenvalue weighted by atomic mass is 10.1. The quantitative estimate of drug-likeness (QED) is 0.133. The highest BCUT2D eigenvalue weighted by Crippen LogP contribution is 2.31.